The Morgan fingerprint density at radius 3 is 2.92 bits per heavy atom. The van der Waals surface area contributed by atoms with E-state index in [9.17, 15) is 9.59 Å². The molecular weight excluding hydrogens is 322 g/mol. The molecule has 0 N–H and O–H groups in total. The van der Waals surface area contributed by atoms with Crippen LogP contribution < -0.4 is 0 Å². The summed E-state index contributed by atoms with van der Waals surface area (Å²) in [5, 5.41) is 7.87. The summed E-state index contributed by atoms with van der Waals surface area (Å²) in [5.41, 5.74) is 0. The molecule has 4 rings (SSSR count). The second-order valence-electron chi connectivity index (χ2n) is 6.79. The first-order chi connectivity index (χ1) is 12.1. The number of nitrogens with zero attached hydrogens (tertiary/aromatic N) is 5. The number of hydrogen-bond acceptors (Lipinski definition) is 5. The lowest BCUT2D eigenvalue weighted by Gasteiger charge is -2.38. The monoisotopic (exact) mass is 343 g/mol. The largest absolute Gasteiger partial charge is 0.351 e. The Kier molecular flexibility index (Phi) is 4.03. The maximum atomic E-state index is 12.5. The average molecular weight is 343 g/mol. The lowest BCUT2D eigenvalue weighted by Crippen LogP contribution is -2.50. The highest BCUT2D eigenvalue weighted by Gasteiger charge is 2.46. The van der Waals surface area contributed by atoms with Crippen LogP contribution in [0.15, 0.2) is 35.2 Å². The van der Waals surface area contributed by atoms with Gasteiger partial charge in [-0.05, 0) is 24.8 Å². The molecule has 0 radical (unpaired) electrons. The molecule has 0 spiro atoms. The molecule has 2 aliphatic rings. The first-order valence-corrected chi connectivity index (χ1v) is 8.60. The third kappa shape index (κ3) is 2.92. The van der Waals surface area contributed by atoms with E-state index in [0.717, 1.165) is 12.8 Å². The predicted octanol–water partition coefficient (Wildman–Crippen LogP) is 1.02. The van der Waals surface area contributed by atoms with E-state index in [2.05, 4.69) is 10.3 Å². The molecule has 0 bridgehead atoms. The van der Waals surface area contributed by atoms with Gasteiger partial charge in [-0.1, -0.05) is 5.16 Å². The molecule has 0 aliphatic carbocycles. The van der Waals surface area contributed by atoms with Crippen molar-refractivity contribution in [2.24, 2.45) is 5.92 Å². The van der Waals surface area contributed by atoms with Gasteiger partial charge in [-0.25, -0.2) is 0 Å². The number of carbonyl (C=O) groups excluding carboxylic acids is 2. The van der Waals surface area contributed by atoms with Crippen LogP contribution in [0.1, 0.15) is 30.3 Å². The number of carbonyl (C=O) groups is 2. The van der Waals surface area contributed by atoms with E-state index in [0.29, 0.717) is 19.6 Å². The summed E-state index contributed by atoms with van der Waals surface area (Å²) in [6.45, 7) is 3.59. The van der Waals surface area contributed by atoms with Crippen molar-refractivity contribution in [3.63, 3.8) is 0 Å². The highest BCUT2D eigenvalue weighted by atomic mass is 16.5. The first kappa shape index (κ1) is 15.9. The van der Waals surface area contributed by atoms with Gasteiger partial charge < -0.3 is 14.3 Å². The van der Waals surface area contributed by atoms with Crippen molar-refractivity contribution in [1.82, 2.24) is 24.7 Å². The molecule has 2 amide bonds. The SMILES string of the molecule is CC(=O)N1C(Cn2cccn2)C[C@@H]2CN(C(=O)c3ccno3)CC[C@@H]21. The Labute approximate surface area is 145 Å². The summed E-state index contributed by atoms with van der Waals surface area (Å²) in [4.78, 5) is 28.6. The van der Waals surface area contributed by atoms with Gasteiger partial charge >= 0.3 is 0 Å². The molecule has 2 fully saturated rings. The number of fused-ring (bicyclic) bond motifs is 1. The van der Waals surface area contributed by atoms with Gasteiger partial charge in [0, 0.05) is 44.5 Å². The molecule has 2 aromatic rings. The summed E-state index contributed by atoms with van der Waals surface area (Å²) in [6.07, 6.45) is 6.81. The van der Waals surface area contributed by atoms with Crippen LogP contribution in [0.4, 0.5) is 0 Å². The number of rotatable bonds is 3. The van der Waals surface area contributed by atoms with Crippen molar-refractivity contribution in [1.29, 1.82) is 0 Å². The van der Waals surface area contributed by atoms with Crippen LogP contribution in [0, 0.1) is 5.92 Å². The van der Waals surface area contributed by atoms with Gasteiger partial charge in [-0.3, -0.25) is 14.3 Å². The number of aromatic nitrogens is 3. The molecule has 2 aromatic heterocycles. The number of piperidine rings is 1. The maximum absolute atomic E-state index is 12.5. The van der Waals surface area contributed by atoms with Gasteiger partial charge in [0.05, 0.1) is 18.8 Å². The Hall–Kier alpha value is -2.64. The number of likely N-dealkylation sites (tertiary alicyclic amines) is 2. The maximum Gasteiger partial charge on any atom is 0.292 e. The summed E-state index contributed by atoms with van der Waals surface area (Å²) in [6, 6.07) is 3.79. The van der Waals surface area contributed by atoms with Crippen LogP contribution in [-0.2, 0) is 11.3 Å². The number of hydrogen-bond donors (Lipinski definition) is 0. The Bertz CT molecular complexity index is 742. The van der Waals surface area contributed by atoms with E-state index in [1.807, 2.05) is 26.7 Å². The van der Waals surface area contributed by atoms with E-state index in [-0.39, 0.29) is 35.6 Å². The van der Waals surface area contributed by atoms with Gasteiger partial charge in [0.1, 0.15) is 0 Å². The van der Waals surface area contributed by atoms with Crippen molar-refractivity contribution in [3.8, 4) is 0 Å². The Morgan fingerprint density at radius 2 is 2.24 bits per heavy atom. The normalized spacial score (nSPS) is 25.9. The highest BCUT2D eigenvalue weighted by Crippen LogP contribution is 2.36. The molecule has 25 heavy (non-hydrogen) atoms. The minimum absolute atomic E-state index is 0.0969. The zero-order valence-electron chi connectivity index (χ0n) is 14.1. The van der Waals surface area contributed by atoms with E-state index in [1.54, 1.807) is 19.2 Å². The molecule has 1 unspecified atom stereocenters. The van der Waals surface area contributed by atoms with Crippen molar-refractivity contribution in [3.05, 3.63) is 36.5 Å². The third-order valence-corrected chi connectivity index (χ3v) is 5.28. The molecule has 8 nitrogen and oxygen atoms in total. The lowest BCUT2D eigenvalue weighted by molar-refractivity contribution is -0.132. The van der Waals surface area contributed by atoms with Gasteiger partial charge in [0.2, 0.25) is 11.7 Å². The summed E-state index contributed by atoms with van der Waals surface area (Å²) >= 11 is 0. The fourth-order valence-electron chi connectivity index (χ4n) is 4.30. The van der Waals surface area contributed by atoms with Gasteiger partial charge in [-0.15, -0.1) is 0 Å². The van der Waals surface area contributed by atoms with E-state index in [1.165, 1.54) is 6.20 Å². The Morgan fingerprint density at radius 1 is 1.36 bits per heavy atom. The molecule has 132 valence electrons. The fraction of sp³-hybridized carbons (Fsp3) is 0.529. The van der Waals surface area contributed by atoms with Gasteiger partial charge in [0.25, 0.3) is 5.91 Å². The zero-order chi connectivity index (χ0) is 17.4. The van der Waals surface area contributed by atoms with Crippen LogP contribution in [-0.4, -0.2) is 61.7 Å². The second-order valence-corrected chi connectivity index (χ2v) is 6.79. The van der Waals surface area contributed by atoms with Crippen LogP contribution >= 0.6 is 0 Å². The molecule has 0 aromatic carbocycles. The van der Waals surface area contributed by atoms with Crippen LogP contribution in [0.3, 0.4) is 0 Å². The van der Waals surface area contributed by atoms with Crippen molar-refractivity contribution in [2.45, 2.75) is 38.4 Å². The molecule has 8 heteroatoms. The smallest absolute Gasteiger partial charge is 0.292 e. The standard InChI is InChI=1S/C17H21N5O3/c1-12(23)22-14(11-21-7-2-5-18-21)9-13-10-20(8-4-15(13)22)17(24)16-3-6-19-25-16/h2-3,5-7,13-15H,4,8-11H2,1H3/t13-,14?,15+/m1/s1. The first-order valence-electron chi connectivity index (χ1n) is 8.60. The molecular formula is C17H21N5O3. The minimum atomic E-state index is -0.124. The summed E-state index contributed by atoms with van der Waals surface area (Å²) < 4.78 is 6.86. The highest BCUT2D eigenvalue weighted by molar-refractivity contribution is 5.91. The van der Waals surface area contributed by atoms with Crippen LogP contribution in [0.25, 0.3) is 0 Å². The fourth-order valence-corrected chi connectivity index (χ4v) is 4.30. The zero-order valence-corrected chi connectivity index (χ0v) is 14.1. The van der Waals surface area contributed by atoms with E-state index < -0.39 is 0 Å². The van der Waals surface area contributed by atoms with Crippen molar-refractivity contribution in [2.75, 3.05) is 13.1 Å². The topological polar surface area (TPSA) is 84.5 Å². The van der Waals surface area contributed by atoms with Crippen LogP contribution in [0.2, 0.25) is 0 Å². The molecule has 3 atom stereocenters. The molecule has 2 aliphatic heterocycles. The van der Waals surface area contributed by atoms with Crippen molar-refractivity contribution < 1.29 is 14.1 Å². The van der Waals surface area contributed by atoms with Crippen molar-refractivity contribution >= 4 is 11.8 Å². The quantitative estimate of drug-likeness (QED) is 0.831. The third-order valence-electron chi connectivity index (χ3n) is 5.28. The average Bonchev–Trinajstić information content (AvgIpc) is 3.34. The molecule has 2 saturated heterocycles. The summed E-state index contributed by atoms with van der Waals surface area (Å²) in [7, 11) is 0. The Balaban J connectivity index is 1.49. The second kappa shape index (κ2) is 6.34. The molecule has 4 heterocycles. The minimum Gasteiger partial charge on any atom is -0.351 e. The van der Waals surface area contributed by atoms with Gasteiger partial charge in [-0.2, -0.15) is 5.10 Å². The lowest BCUT2D eigenvalue weighted by atomic mass is 9.92. The van der Waals surface area contributed by atoms with Crippen LogP contribution in [0.5, 0.6) is 0 Å². The van der Waals surface area contributed by atoms with E-state index >= 15 is 0 Å². The van der Waals surface area contributed by atoms with E-state index in [4.69, 9.17) is 4.52 Å². The summed E-state index contributed by atoms with van der Waals surface area (Å²) in [5.74, 6) is 0.526. The number of amides is 2. The predicted molar refractivity (Wildman–Crippen MR) is 87.5 cm³/mol. The van der Waals surface area contributed by atoms with Gasteiger partial charge in [0.15, 0.2) is 0 Å². The molecule has 0 saturated carbocycles.